The molecule has 37 heavy (non-hydrogen) atoms. The number of nitrogens with two attached hydrogens (primary N) is 2. The molecular formula is C26H23F3N2O6. The highest BCUT2D eigenvalue weighted by molar-refractivity contribution is 5.92. The van der Waals surface area contributed by atoms with Crippen molar-refractivity contribution in [3.63, 3.8) is 0 Å². The second-order valence-corrected chi connectivity index (χ2v) is 7.58. The van der Waals surface area contributed by atoms with Gasteiger partial charge in [-0.25, -0.2) is 9.59 Å². The van der Waals surface area contributed by atoms with Gasteiger partial charge in [0.05, 0.1) is 19.3 Å². The van der Waals surface area contributed by atoms with Gasteiger partial charge in [-0.15, -0.1) is 13.2 Å². The molecule has 194 valence electrons. The van der Waals surface area contributed by atoms with E-state index >= 15 is 0 Å². The van der Waals surface area contributed by atoms with Crippen molar-refractivity contribution in [2.45, 2.75) is 12.8 Å². The fraction of sp³-hybridized carbons (Fsp3) is 0.154. The van der Waals surface area contributed by atoms with E-state index in [4.69, 9.17) is 25.7 Å². The summed E-state index contributed by atoms with van der Waals surface area (Å²) in [5.74, 6) is -2.05. The second-order valence-electron chi connectivity index (χ2n) is 7.58. The smallest absolute Gasteiger partial charge is 0.493 e. The lowest BCUT2D eigenvalue weighted by Crippen LogP contribution is -2.18. The van der Waals surface area contributed by atoms with E-state index in [1.807, 2.05) is 0 Å². The molecule has 0 atom stereocenters. The summed E-state index contributed by atoms with van der Waals surface area (Å²) in [6.45, 7) is 0.139. The summed E-state index contributed by atoms with van der Waals surface area (Å²) in [5.41, 5.74) is 14.0. The van der Waals surface area contributed by atoms with Crippen LogP contribution in [-0.2, 0) is 16.0 Å². The molecule has 0 fully saturated rings. The normalized spacial score (nSPS) is 11.2. The van der Waals surface area contributed by atoms with Gasteiger partial charge in [0, 0.05) is 23.9 Å². The molecule has 0 aliphatic rings. The van der Waals surface area contributed by atoms with Crippen LogP contribution < -0.4 is 25.7 Å². The number of methoxy groups -OCH3 is 1. The topological polar surface area (TPSA) is 123 Å². The third-order valence-corrected chi connectivity index (χ3v) is 4.91. The maximum atomic E-state index is 12.5. The quantitative estimate of drug-likeness (QED) is 0.180. The molecule has 0 unspecified atom stereocenters. The van der Waals surface area contributed by atoms with E-state index in [-0.39, 0.29) is 23.7 Å². The zero-order valence-electron chi connectivity index (χ0n) is 19.6. The first-order chi connectivity index (χ1) is 17.5. The molecule has 0 aromatic heterocycles. The average molecular weight is 516 g/mol. The molecule has 8 nitrogen and oxygen atoms in total. The summed E-state index contributed by atoms with van der Waals surface area (Å²) >= 11 is 0. The van der Waals surface area contributed by atoms with Gasteiger partial charge in [-0.05, 0) is 59.7 Å². The number of hydrogen-bond acceptors (Lipinski definition) is 8. The van der Waals surface area contributed by atoms with E-state index < -0.39 is 24.1 Å². The Bertz CT molecular complexity index is 1290. The Morgan fingerprint density at radius 3 is 2.32 bits per heavy atom. The summed E-state index contributed by atoms with van der Waals surface area (Å²) in [7, 11) is 1.14. The molecule has 0 heterocycles. The Balaban J connectivity index is 1.52. The highest BCUT2D eigenvalue weighted by Crippen LogP contribution is 2.33. The van der Waals surface area contributed by atoms with Crippen molar-refractivity contribution in [3.05, 3.63) is 83.4 Å². The molecule has 0 saturated carbocycles. The molecular weight excluding hydrogens is 493 g/mol. The van der Waals surface area contributed by atoms with Gasteiger partial charge >= 0.3 is 18.3 Å². The third kappa shape index (κ3) is 8.20. The van der Waals surface area contributed by atoms with Crippen LogP contribution in [0.1, 0.15) is 21.5 Å². The number of alkyl halides is 3. The lowest BCUT2D eigenvalue weighted by Gasteiger charge is -2.13. The van der Waals surface area contributed by atoms with Crippen LogP contribution >= 0.6 is 0 Å². The van der Waals surface area contributed by atoms with Gasteiger partial charge in [-0.1, -0.05) is 18.2 Å². The van der Waals surface area contributed by atoms with Crippen molar-refractivity contribution in [2.24, 2.45) is 0 Å². The summed E-state index contributed by atoms with van der Waals surface area (Å²) in [6, 6.07) is 14.5. The number of esters is 2. The van der Waals surface area contributed by atoms with E-state index in [1.54, 1.807) is 30.3 Å². The molecule has 3 rings (SSSR count). The fourth-order valence-electron chi connectivity index (χ4n) is 3.13. The third-order valence-electron chi connectivity index (χ3n) is 4.91. The van der Waals surface area contributed by atoms with Crippen molar-refractivity contribution in [1.29, 1.82) is 0 Å². The number of carbonyl (C=O) groups is 2. The molecule has 3 aromatic carbocycles. The van der Waals surface area contributed by atoms with E-state index in [0.29, 0.717) is 23.4 Å². The summed E-state index contributed by atoms with van der Waals surface area (Å²) in [5, 5.41) is 0. The predicted octanol–water partition coefficient (Wildman–Crippen LogP) is 4.78. The zero-order chi connectivity index (χ0) is 27.0. The number of hydrogen-bond donors (Lipinski definition) is 2. The largest absolute Gasteiger partial charge is 0.573 e. The molecule has 0 aliphatic carbocycles. The molecule has 11 heteroatoms. The lowest BCUT2D eigenvalue weighted by molar-refractivity contribution is -0.275. The second kappa shape index (κ2) is 11.8. The first kappa shape index (κ1) is 26.9. The van der Waals surface area contributed by atoms with Gasteiger partial charge < -0.3 is 30.4 Å². The summed E-state index contributed by atoms with van der Waals surface area (Å²) in [4.78, 5) is 24.3. The van der Waals surface area contributed by atoms with Crippen molar-refractivity contribution < 1.29 is 41.7 Å². The Kier molecular flexibility index (Phi) is 8.62. The molecule has 0 radical (unpaired) electrons. The van der Waals surface area contributed by atoms with E-state index in [2.05, 4.69) is 4.74 Å². The van der Waals surface area contributed by atoms with Gasteiger partial charge in [0.1, 0.15) is 5.75 Å². The van der Waals surface area contributed by atoms with Crippen LogP contribution in [0.5, 0.6) is 17.2 Å². The van der Waals surface area contributed by atoms with Crippen LogP contribution in [0.4, 0.5) is 24.5 Å². The van der Waals surface area contributed by atoms with Crippen LogP contribution in [0.2, 0.25) is 0 Å². The van der Waals surface area contributed by atoms with Crippen LogP contribution in [0.25, 0.3) is 6.08 Å². The minimum absolute atomic E-state index is 0.0428. The highest BCUT2D eigenvalue weighted by Gasteiger charge is 2.32. The number of carbonyl (C=O) groups excluding carboxylic acids is 2. The average Bonchev–Trinajstić information content (AvgIpc) is 2.84. The molecule has 0 amide bonds. The Labute approximate surface area is 210 Å². The maximum Gasteiger partial charge on any atom is 0.573 e. The molecule has 0 spiro atoms. The molecule has 0 saturated heterocycles. The number of anilines is 2. The first-order valence-electron chi connectivity index (χ1n) is 10.8. The molecule has 3 aromatic rings. The zero-order valence-corrected chi connectivity index (χ0v) is 19.6. The van der Waals surface area contributed by atoms with Gasteiger partial charge in [-0.2, -0.15) is 0 Å². The molecule has 0 aliphatic heterocycles. The van der Waals surface area contributed by atoms with Crippen LogP contribution in [-0.4, -0.2) is 32.0 Å². The first-order valence-corrected chi connectivity index (χ1v) is 10.8. The van der Waals surface area contributed by atoms with Gasteiger partial charge in [0.2, 0.25) is 0 Å². The van der Waals surface area contributed by atoms with Gasteiger partial charge in [0.15, 0.2) is 11.5 Å². The van der Waals surface area contributed by atoms with Crippen LogP contribution in [0.15, 0.2) is 66.7 Å². The Morgan fingerprint density at radius 2 is 1.68 bits per heavy atom. The van der Waals surface area contributed by atoms with E-state index in [9.17, 15) is 22.8 Å². The summed E-state index contributed by atoms with van der Waals surface area (Å²) in [6.07, 6.45) is -1.69. The number of halogens is 3. The number of nitrogen functional groups attached to an aromatic ring is 2. The van der Waals surface area contributed by atoms with Gasteiger partial charge in [-0.3, -0.25) is 0 Å². The molecule has 0 bridgehead atoms. The van der Waals surface area contributed by atoms with E-state index in [1.165, 1.54) is 24.3 Å². The SMILES string of the molecule is COc1cc(C(=O)Oc2ccc(/C=C/C(=O)OCCc3ccc(N)cc3N)cc2)ccc1OC(F)(F)F. The Hall–Kier alpha value is -4.67. The highest BCUT2D eigenvalue weighted by atomic mass is 19.4. The van der Waals surface area contributed by atoms with Crippen LogP contribution in [0.3, 0.4) is 0 Å². The predicted molar refractivity (Wildman–Crippen MR) is 130 cm³/mol. The monoisotopic (exact) mass is 516 g/mol. The van der Waals surface area contributed by atoms with Crippen molar-refractivity contribution in [3.8, 4) is 17.2 Å². The number of ether oxygens (including phenoxy) is 4. The minimum Gasteiger partial charge on any atom is -0.493 e. The van der Waals surface area contributed by atoms with E-state index in [0.717, 1.165) is 30.9 Å². The summed E-state index contributed by atoms with van der Waals surface area (Å²) < 4.78 is 56.5. The molecule has 4 N–H and O–H groups in total. The van der Waals surface area contributed by atoms with Crippen molar-refractivity contribution in [2.75, 3.05) is 25.2 Å². The number of rotatable bonds is 9. The lowest BCUT2D eigenvalue weighted by atomic mass is 10.1. The standard InChI is InChI=1S/C26H23F3N2O6/c1-34-23-14-18(6-10-22(23)37-26(27,28)29)25(33)36-20-8-2-16(3-9-20)4-11-24(32)35-13-12-17-5-7-19(30)15-21(17)31/h2-11,14-15H,12-13,30-31H2,1H3/b11-4+. The Morgan fingerprint density at radius 1 is 0.946 bits per heavy atom. The minimum atomic E-state index is -4.91. The van der Waals surface area contributed by atoms with Gasteiger partial charge in [0.25, 0.3) is 0 Å². The van der Waals surface area contributed by atoms with Crippen molar-refractivity contribution in [1.82, 2.24) is 0 Å². The fourth-order valence-corrected chi connectivity index (χ4v) is 3.13. The maximum absolute atomic E-state index is 12.5. The number of benzene rings is 3. The van der Waals surface area contributed by atoms with Crippen LogP contribution in [0, 0.1) is 0 Å². The van der Waals surface area contributed by atoms with Crippen molar-refractivity contribution >= 4 is 29.4 Å².